The van der Waals surface area contributed by atoms with Crippen LogP contribution in [0.5, 0.6) is 0 Å². The van der Waals surface area contributed by atoms with Crippen LogP contribution in [0.4, 0.5) is 5.82 Å². The molecule has 9 nitrogen and oxygen atoms in total. The van der Waals surface area contributed by atoms with Gasteiger partial charge in [0.25, 0.3) is 5.91 Å². The van der Waals surface area contributed by atoms with Gasteiger partial charge in [0.1, 0.15) is 5.82 Å². The number of carbonyl (C=O) groups excluding carboxylic acids is 3. The van der Waals surface area contributed by atoms with E-state index in [9.17, 15) is 14.4 Å². The van der Waals surface area contributed by atoms with E-state index < -0.39 is 23.9 Å². The molecule has 1 amide bonds. The Bertz CT molecular complexity index is 785. The summed E-state index contributed by atoms with van der Waals surface area (Å²) in [7, 11) is 0. The van der Waals surface area contributed by atoms with E-state index in [1.807, 2.05) is 30.3 Å². The number of nitrogens with zero attached hydrogens (tertiary/aromatic N) is 2. The maximum atomic E-state index is 12.5. The van der Waals surface area contributed by atoms with E-state index in [0.29, 0.717) is 6.54 Å². The summed E-state index contributed by atoms with van der Waals surface area (Å²) in [6.07, 6.45) is 1.42. The van der Waals surface area contributed by atoms with Gasteiger partial charge in [-0.25, -0.2) is 14.6 Å². The molecule has 3 N–H and O–H groups in total. The maximum Gasteiger partial charge on any atom is 0.340 e. The summed E-state index contributed by atoms with van der Waals surface area (Å²) in [6, 6.07) is 7.91. The van der Waals surface area contributed by atoms with Crippen molar-refractivity contribution in [2.45, 2.75) is 26.4 Å². The Balaban J connectivity index is 2.15. The van der Waals surface area contributed by atoms with Gasteiger partial charge in [-0.2, -0.15) is 0 Å². The van der Waals surface area contributed by atoms with E-state index in [4.69, 9.17) is 15.2 Å². The molecule has 0 unspecified atom stereocenters. The lowest BCUT2D eigenvalue weighted by atomic mass is 10.2. The predicted molar refractivity (Wildman–Crippen MR) is 96.7 cm³/mol. The lowest BCUT2D eigenvalue weighted by molar-refractivity contribution is -0.157. The fourth-order valence-electron chi connectivity index (χ4n) is 2.34. The van der Waals surface area contributed by atoms with Crippen LogP contribution in [0.15, 0.2) is 36.7 Å². The van der Waals surface area contributed by atoms with Crippen LogP contribution >= 0.6 is 0 Å². The Morgan fingerprint density at radius 2 is 1.70 bits per heavy atom. The predicted octanol–water partition coefficient (Wildman–Crippen LogP) is 0.738. The number of aromatic nitrogens is 2. The van der Waals surface area contributed by atoms with Crippen molar-refractivity contribution in [1.29, 1.82) is 0 Å². The summed E-state index contributed by atoms with van der Waals surface area (Å²) in [5.41, 5.74) is 6.89. The summed E-state index contributed by atoms with van der Waals surface area (Å²) < 4.78 is 11.2. The molecular formula is C18H22N4O5. The zero-order valence-electron chi connectivity index (χ0n) is 15.2. The van der Waals surface area contributed by atoms with Gasteiger partial charge in [0.15, 0.2) is 5.69 Å². The first kappa shape index (κ1) is 20.0. The van der Waals surface area contributed by atoms with Crippen LogP contribution in [0.2, 0.25) is 0 Å². The number of nitrogen functional groups attached to an aromatic ring is 1. The second-order valence-corrected chi connectivity index (χ2v) is 5.50. The molecule has 0 saturated carbocycles. The van der Waals surface area contributed by atoms with Crippen LogP contribution in [-0.4, -0.2) is 46.7 Å². The van der Waals surface area contributed by atoms with Gasteiger partial charge in [0.05, 0.1) is 26.1 Å². The monoisotopic (exact) mass is 374 g/mol. The Morgan fingerprint density at radius 3 is 2.26 bits per heavy atom. The van der Waals surface area contributed by atoms with Crippen molar-refractivity contribution in [2.75, 3.05) is 18.9 Å². The molecule has 0 aliphatic heterocycles. The summed E-state index contributed by atoms with van der Waals surface area (Å²) in [4.78, 5) is 40.4. The highest BCUT2D eigenvalue weighted by atomic mass is 16.6. The van der Waals surface area contributed by atoms with Crippen LogP contribution < -0.4 is 11.1 Å². The summed E-state index contributed by atoms with van der Waals surface area (Å²) in [5.74, 6) is -2.48. The molecule has 0 radical (unpaired) electrons. The third kappa shape index (κ3) is 5.06. The molecule has 0 bridgehead atoms. The largest absolute Gasteiger partial charge is 0.464 e. The minimum atomic E-state index is -1.59. The number of rotatable bonds is 8. The number of hydrogen-bond acceptors (Lipinski definition) is 7. The Kier molecular flexibility index (Phi) is 6.93. The second-order valence-electron chi connectivity index (χ2n) is 5.50. The van der Waals surface area contributed by atoms with Gasteiger partial charge in [-0.15, -0.1) is 0 Å². The Hall–Kier alpha value is -3.36. The van der Waals surface area contributed by atoms with E-state index in [0.717, 1.165) is 5.56 Å². The summed E-state index contributed by atoms with van der Waals surface area (Å²) in [6.45, 7) is 3.71. The van der Waals surface area contributed by atoms with Gasteiger partial charge >= 0.3 is 11.9 Å². The van der Waals surface area contributed by atoms with Crippen molar-refractivity contribution in [3.63, 3.8) is 0 Å². The molecule has 0 fully saturated rings. The molecule has 1 aromatic carbocycles. The first-order chi connectivity index (χ1) is 13.0. The topological polar surface area (TPSA) is 126 Å². The number of benzene rings is 1. The first-order valence-electron chi connectivity index (χ1n) is 8.46. The number of amides is 1. The van der Waals surface area contributed by atoms with Gasteiger partial charge < -0.3 is 25.1 Å². The number of ether oxygens (including phenoxy) is 2. The molecule has 2 aromatic rings. The Morgan fingerprint density at radius 1 is 1.11 bits per heavy atom. The number of nitrogens with two attached hydrogens (primary N) is 1. The van der Waals surface area contributed by atoms with E-state index in [2.05, 4.69) is 10.3 Å². The van der Waals surface area contributed by atoms with Crippen LogP contribution in [0.3, 0.4) is 0 Å². The van der Waals surface area contributed by atoms with Crippen LogP contribution in [0.1, 0.15) is 29.9 Å². The minimum Gasteiger partial charge on any atom is -0.464 e. The molecule has 0 spiro atoms. The van der Waals surface area contributed by atoms with Crippen molar-refractivity contribution in [3.8, 4) is 0 Å². The number of nitrogens with one attached hydrogen (secondary N) is 1. The normalized spacial score (nSPS) is 10.5. The maximum absolute atomic E-state index is 12.5. The number of imidazole rings is 1. The first-order valence-corrected chi connectivity index (χ1v) is 8.46. The highest BCUT2D eigenvalue weighted by Crippen LogP contribution is 2.13. The van der Waals surface area contributed by atoms with Crippen LogP contribution in [0, 0.1) is 0 Å². The molecular weight excluding hydrogens is 352 g/mol. The van der Waals surface area contributed by atoms with Crippen molar-refractivity contribution >= 4 is 23.7 Å². The summed E-state index contributed by atoms with van der Waals surface area (Å²) >= 11 is 0. The van der Waals surface area contributed by atoms with E-state index in [1.54, 1.807) is 18.4 Å². The molecule has 27 heavy (non-hydrogen) atoms. The SMILES string of the molecule is CCOC(=O)C(NC(=O)c1ncn(Cc2ccccc2)c1N)C(=O)OCC. The standard InChI is InChI=1S/C18H22N4O5/c1-3-26-17(24)14(18(25)27-4-2)21-16(23)13-15(19)22(11-20-13)10-12-8-6-5-7-9-12/h5-9,11,14H,3-4,10,19H2,1-2H3,(H,21,23). The van der Waals surface area contributed by atoms with Crippen molar-refractivity contribution in [1.82, 2.24) is 14.9 Å². The molecule has 0 aliphatic rings. The van der Waals surface area contributed by atoms with Gasteiger partial charge in [-0.1, -0.05) is 30.3 Å². The average Bonchev–Trinajstić information content (AvgIpc) is 3.01. The molecule has 0 saturated heterocycles. The van der Waals surface area contributed by atoms with Crippen molar-refractivity contribution in [2.24, 2.45) is 0 Å². The molecule has 0 aliphatic carbocycles. The lowest BCUT2D eigenvalue weighted by Gasteiger charge is -2.15. The fraction of sp³-hybridized carbons (Fsp3) is 0.333. The summed E-state index contributed by atoms with van der Waals surface area (Å²) in [5, 5.41) is 2.28. The van der Waals surface area contributed by atoms with Gasteiger partial charge in [0.2, 0.25) is 6.04 Å². The highest BCUT2D eigenvalue weighted by molar-refractivity contribution is 6.06. The highest BCUT2D eigenvalue weighted by Gasteiger charge is 2.32. The molecule has 9 heteroatoms. The molecule has 2 rings (SSSR count). The molecule has 144 valence electrons. The van der Waals surface area contributed by atoms with Crippen molar-refractivity contribution in [3.05, 3.63) is 47.9 Å². The van der Waals surface area contributed by atoms with E-state index >= 15 is 0 Å². The third-order valence-electron chi connectivity index (χ3n) is 3.61. The van der Waals surface area contributed by atoms with Crippen molar-refractivity contribution < 1.29 is 23.9 Å². The fourth-order valence-corrected chi connectivity index (χ4v) is 2.34. The Labute approximate surface area is 156 Å². The number of hydrogen-bond donors (Lipinski definition) is 2. The quantitative estimate of drug-likeness (QED) is 0.515. The van der Waals surface area contributed by atoms with Gasteiger partial charge in [-0.3, -0.25) is 4.79 Å². The lowest BCUT2D eigenvalue weighted by Crippen LogP contribution is -2.48. The van der Waals surface area contributed by atoms with Gasteiger partial charge in [0, 0.05) is 0 Å². The number of esters is 2. The average molecular weight is 374 g/mol. The van der Waals surface area contributed by atoms with Gasteiger partial charge in [-0.05, 0) is 19.4 Å². The molecule has 1 heterocycles. The van der Waals surface area contributed by atoms with Crippen LogP contribution in [-0.2, 0) is 25.6 Å². The zero-order valence-corrected chi connectivity index (χ0v) is 15.2. The van der Waals surface area contributed by atoms with E-state index in [1.165, 1.54) is 6.33 Å². The van der Waals surface area contributed by atoms with E-state index in [-0.39, 0.29) is 24.7 Å². The third-order valence-corrected chi connectivity index (χ3v) is 3.61. The number of anilines is 1. The minimum absolute atomic E-state index is 0.0540. The smallest absolute Gasteiger partial charge is 0.340 e. The number of carbonyl (C=O) groups is 3. The zero-order chi connectivity index (χ0) is 19.8. The molecule has 0 atom stereocenters. The molecule has 1 aromatic heterocycles. The second kappa shape index (κ2) is 9.37. The van der Waals surface area contributed by atoms with Crippen LogP contribution in [0.25, 0.3) is 0 Å².